The predicted octanol–water partition coefficient (Wildman–Crippen LogP) is 3.02. The first-order chi connectivity index (χ1) is 8.72. The second-order valence-corrected chi connectivity index (χ2v) is 5.14. The highest BCUT2D eigenvalue weighted by atomic mass is 35.5. The van der Waals surface area contributed by atoms with E-state index in [4.69, 9.17) is 16.3 Å². The van der Waals surface area contributed by atoms with E-state index in [1.807, 2.05) is 24.1 Å². The summed E-state index contributed by atoms with van der Waals surface area (Å²) in [6, 6.07) is 5.48. The Bertz CT molecular complexity index is 418. The van der Waals surface area contributed by atoms with E-state index in [1.54, 1.807) is 6.07 Å². The Labute approximate surface area is 113 Å². The summed E-state index contributed by atoms with van der Waals surface area (Å²) in [6.45, 7) is 2.30. The van der Waals surface area contributed by atoms with Gasteiger partial charge < -0.3 is 9.64 Å². The Balaban J connectivity index is 1.88. The molecule has 4 heteroatoms. The van der Waals surface area contributed by atoms with Gasteiger partial charge in [-0.2, -0.15) is 0 Å². The Morgan fingerprint density at radius 2 is 2.28 bits per heavy atom. The van der Waals surface area contributed by atoms with Gasteiger partial charge in [0.15, 0.2) is 6.29 Å². The maximum absolute atomic E-state index is 11.0. The van der Waals surface area contributed by atoms with Crippen molar-refractivity contribution in [2.75, 3.05) is 31.7 Å². The van der Waals surface area contributed by atoms with E-state index in [0.717, 1.165) is 31.0 Å². The van der Waals surface area contributed by atoms with Crippen molar-refractivity contribution in [1.29, 1.82) is 0 Å². The van der Waals surface area contributed by atoms with Crippen molar-refractivity contribution < 1.29 is 9.53 Å². The lowest BCUT2D eigenvalue weighted by Crippen LogP contribution is -2.24. The van der Waals surface area contributed by atoms with Crippen LogP contribution in [0.2, 0.25) is 5.02 Å². The first-order valence-electron chi connectivity index (χ1n) is 6.25. The molecule has 0 aromatic heterocycles. The highest BCUT2D eigenvalue weighted by Crippen LogP contribution is 2.29. The molecule has 98 valence electrons. The molecule has 1 saturated carbocycles. The number of nitrogens with zero attached hydrogens (tertiary/aromatic N) is 1. The molecule has 0 amide bonds. The van der Waals surface area contributed by atoms with Crippen LogP contribution in [0.25, 0.3) is 0 Å². The summed E-state index contributed by atoms with van der Waals surface area (Å²) < 4.78 is 5.59. The number of hydrogen-bond acceptors (Lipinski definition) is 3. The molecule has 1 aliphatic rings. The molecule has 1 aromatic carbocycles. The van der Waals surface area contributed by atoms with Crippen molar-refractivity contribution in [2.24, 2.45) is 5.92 Å². The molecule has 0 N–H and O–H groups in total. The summed E-state index contributed by atoms with van der Waals surface area (Å²) in [5.41, 5.74) is 1.40. The van der Waals surface area contributed by atoms with Gasteiger partial charge in [-0.05, 0) is 30.9 Å². The molecule has 0 radical (unpaired) electrons. The lowest BCUT2D eigenvalue weighted by atomic mass is 10.2. The van der Waals surface area contributed by atoms with Gasteiger partial charge in [0, 0.05) is 25.9 Å². The van der Waals surface area contributed by atoms with Crippen LogP contribution in [-0.4, -0.2) is 33.1 Å². The number of halogens is 1. The SMILES string of the molecule is CN(CCOCC1CC1)c1cccc(Cl)c1C=O. The highest BCUT2D eigenvalue weighted by Gasteiger charge is 2.21. The molecule has 1 aliphatic carbocycles. The largest absolute Gasteiger partial charge is 0.379 e. The normalized spacial score (nSPS) is 14.6. The standard InChI is InChI=1S/C14H18ClNO2/c1-16(7-8-18-10-11-5-6-11)14-4-2-3-13(15)12(14)9-17/h2-4,9,11H,5-8,10H2,1H3. The topological polar surface area (TPSA) is 29.5 Å². The van der Waals surface area contributed by atoms with Gasteiger partial charge in [-0.1, -0.05) is 17.7 Å². The van der Waals surface area contributed by atoms with Gasteiger partial charge >= 0.3 is 0 Å². The van der Waals surface area contributed by atoms with Gasteiger partial charge in [0.2, 0.25) is 0 Å². The third-order valence-electron chi connectivity index (χ3n) is 3.18. The molecule has 0 bridgehead atoms. The molecule has 18 heavy (non-hydrogen) atoms. The number of carbonyl (C=O) groups is 1. The zero-order chi connectivity index (χ0) is 13.0. The molecule has 0 saturated heterocycles. The van der Waals surface area contributed by atoms with Crippen molar-refractivity contribution in [1.82, 2.24) is 0 Å². The minimum absolute atomic E-state index is 0.494. The molecule has 0 heterocycles. The Kier molecular flexibility index (Phi) is 4.61. The van der Waals surface area contributed by atoms with Crippen LogP contribution in [0.5, 0.6) is 0 Å². The smallest absolute Gasteiger partial charge is 0.153 e. The lowest BCUT2D eigenvalue weighted by Gasteiger charge is -2.21. The number of anilines is 1. The lowest BCUT2D eigenvalue weighted by molar-refractivity contribution is 0.112. The van der Waals surface area contributed by atoms with Gasteiger partial charge in [0.05, 0.1) is 17.2 Å². The number of hydrogen-bond donors (Lipinski definition) is 0. The van der Waals surface area contributed by atoms with Crippen LogP contribution in [0.3, 0.4) is 0 Å². The first-order valence-corrected chi connectivity index (χ1v) is 6.62. The molecular formula is C14H18ClNO2. The second-order valence-electron chi connectivity index (χ2n) is 4.73. The summed E-state index contributed by atoms with van der Waals surface area (Å²) in [7, 11) is 1.94. The number of aldehydes is 1. The van der Waals surface area contributed by atoms with E-state index in [1.165, 1.54) is 12.8 Å². The fourth-order valence-electron chi connectivity index (χ4n) is 1.83. The molecular weight excluding hydrogens is 250 g/mol. The van der Waals surface area contributed by atoms with Crippen LogP contribution in [0.15, 0.2) is 18.2 Å². The van der Waals surface area contributed by atoms with Crippen molar-refractivity contribution in [3.8, 4) is 0 Å². The van der Waals surface area contributed by atoms with Gasteiger partial charge in [-0.15, -0.1) is 0 Å². The molecule has 2 rings (SSSR count). The summed E-state index contributed by atoms with van der Waals surface area (Å²) in [5, 5.41) is 0.494. The van der Waals surface area contributed by atoms with E-state index in [9.17, 15) is 4.79 Å². The van der Waals surface area contributed by atoms with Crippen LogP contribution in [-0.2, 0) is 4.74 Å². The third-order valence-corrected chi connectivity index (χ3v) is 3.51. The summed E-state index contributed by atoms with van der Waals surface area (Å²) in [4.78, 5) is 13.0. The molecule has 0 spiro atoms. The second kappa shape index (κ2) is 6.21. The van der Waals surface area contributed by atoms with Crippen molar-refractivity contribution in [3.63, 3.8) is 0 Å². The number of likely N-dealkylation sites (N-methyl/N-ethyl adjacent to an activating group) is 1. The van der Waals surface area contributed by atoms with E-state index < -0.39 is 0 Å². The van der Waals surface area contributed by atoms with Gasteiger partial charge in [-0.3, -0.25) is 4.79 Å². The van der Waals surface area contributed by atoms with Crippen molar-refractivity contribution in [3.05, 3.63) is 28.8 Å². The van der Waals surface area contributed by atoms with Crippen LogP contribution >= 0.6 is 11.6 Å². The van der Waals surface area contributed by atoms with Crippen molar-refractivity contribution in [2.45, 2.75) is 12.8 Å². The maximum Gasteiger partial charge on any atom is 0.153 e. The Morgan fingerprint density at radius 3 is 2.94 bits per heavy atom. The van der Waals surface area contributed by atoms with E-state index in [-0.39, 0.29) is 0 Å². The average Bonchev–Trinajstić information content (AvgIpc) is 3.18. The summed E-state index contributed by atoms with van der Waals surface area (Å²) in [5.74, 6) is 0.784. The van der Waals surface area contributed by atoms with E-state index in [0.29, 0.717) is 17.2 Å². The van der Waals surface area contributed by atoms with Gasteiger partial charge in [0.25, 0.3) is 0 Å². The van der Waals surface area contributed by atoms with Crippen LogP contribution in [0, 0.1) is 5.92 Å². The monoisotopic (exact) mass is 267 g/mol. The van der Waals surface area contributed by atoms with Crippen LogP contribution < -0.4 is 4.90 Å². The average molecular weight is 268 g/mol. The Morgan fingerprint density at radius 1 is 1.50 bits per heavy atom. The fraction of sp³-hybridized carbons (Fsp3) is 0.500. The molecule has 0 unspecified atom stereocenters. The summed E-state index contributed by atoms with van der Waals surface area (Å²) >= 11 is 6.00. The molecule has 1 aromatic rings. The quantitative estimate of drug-likeness (QED) is 0.562. The van der Waals surface area contributed by atoms with Crippen molar-refractivity contribution >= 4 is 23.6 Å². The molecule has 0 aliphatic heterocycles. The van der Waals surface area contributed by atoms with E-state index >= 15 is 0 Å². The molecule has 1 fully saturated rings. The highest BCUT2D eigenvalue weighted by molar-refractivity contribution is 6.33. The maximum atomic E-state index is 11.0. The van der Waals surface area contributed by atoms with Crippen LogP contribution in [0.1, 0.15) is 23.2 Å². The fourth-order valence-corrected chi connectivity index (χ4v) is 2.05. The number of benzene rings is 1. The number of ether oxygens (including phenoxy) is 1. The minimum Gasteiger partial charge on any atom is -0.379 e. The zero-order valence-electron chi connectivity index (χ0n) is 10.6. The van der Waals surface area contributed by atoms with Gasteiger partial charge in [-0.25, -0.2) is 0 Å². The molecule has 3 nitrogen and oxygen atoms in total. The number of rotatable bonds is 7. The number of carbonyl (C=O) groups excluding carboxylic acids is 1. The van der Waals surface area contributed by atoms with E-state index in [2.05, 4.69) is 0 Å². The summed E-state index contributed by atoms with van der Waals surface area (Å²) in [6.07, 6.45) is 3.41. The first kappa shape index (κ1) is 13.4. The third kappa shape index (κ3) is 3.47. The Hall–Kier alpha value is -1.06. The predicted molar refractivity (Wildman–Crippen MR) is 73.7 cm³/mol. The van der Waals surface area contributed by atoms with Crippen LogP contribution in [0.4, 0.5) is 5.69 Å². The van der Waals surface area contributed by atoms with Gasteiger partial charge in [0.1, 0.15) is 0 Å². The minimum atomic E-state index is 0.494. The zero-order valence-corrected chi connectivity index (χ0v) is 11.3. The molecule has 0 atom stereocenters.